The molecule has 1 rings (SSSR count). The standard InChI is InChI=1S/C12H18BrNO3/c1-7-8(13)5-10(16-3)12(17-4)11(7)9(15)6-14-2/h5,9,14-15H,6H2,1-4H3. The summed E-state index contributed by atoms with van der Waals surface area (Å²) in [4.78, 5) is 0. The molecule has 2 N–H and O–H groups in total. The van der Waals surface area contributed by atoms with Gasteiger partial charge in [-0.3, -0.25) is 0 Å². The van der Waals surface area contributed by atoms with E-state index in [0.717, 1.165) is 15.6 Å². The van der Waals surface area contributed by atoms with Crippen LogP contribution in [0.4, 0.5) is 0 Å². The lowest BCUT2D eigenvalue weighted by molar-refractivity contribution is 0.171. The molecule has 17 heavy (non-hydrogen) atoms. The van der Waals surface area contributed by atoms with Gasteiger partial charge in [0.2, 0.25) is 0 Å². The number of benzene rings is 1. The number of ether oxygens (including phenoxy) is 2. The molecule has 0 saturated carbocycles. The highest BCUT2D eigenvalue weighted by atomic mass is 79.9. The molecule has 1 unspecified atom stereocenters. The average Bonchev–Trinajstić information content (AvgIpc) is 2.31. The Morgan fingerprint density at radius 3 is 2.53 bits per heavy atom. The van der Waals surface area contributed by atoms with Crippen LogP contribution in [0.1, 0.15) is 17.2 Å². The number of nitrogens with one attached hydrogen (secondary N) is 1. The molecular weight excluding hydrogens is 286 g/mol. The topological polar surface area (TPSA) is 50.7 Å². The van der Waals surface area contributed by atoms with Crippen molar-refractivity contribution in [2.45, 2.75) is 13.0 Å². The Kier molecular flexibility index (Phi) is 5.24. The molecule has 96 valence electrons. The van der Waals surface area contributed by atoms with Gasteiger partial charge in [-0.2, -0.15) is 0 Å². The van der Waals surface area contributed by atoms with Crippen LogP contribution in [0, 0.1) is 6.92 Å². The van der Waals surface area contributed by atoms with Gasteiger partial charge in [-0.05, 0) is 25.6 Å². The van der Waals surface area contributed by atoms with Gasteiger partial charge in [-0.25, -0.2) is 0 Å². The number of halogens is 1. The van der Waals surface area contributed by atoms with Gasteiger partial charge in [-0.15, -0.1) is 0 Å². The van der Waals surface area contributed by atoms with E-state index < -0.39 is 6.10 Å². The molecule has 0 aliphatic carbocycles. The maximum absolute atomic E-state index is 10.1. The van der Waals surface area contributed by atoms with Crippen molar-refractivity contribution in [3.05, 3.63) is 21.7 Å². The minimum atomic E-state index is -0.638. The molecule has 0 fully saturated rings. The predicted molar refractivity (Wildman–Crippen MR) is 70.9 cm³/mol. The van der Waals surface area contributed by atoms with E-state index >= 15 is 0 Å². The molecule has 4 nitrogen and oxygen atoms in total. The summed E-state index contributed by atoms with van der Waals surface area (Å²) in [7, 11) is 4.94. The molecule has 0 aromatic heterocycles. The van der Waals surface area contributed by atoms with E-state index in [1.54, 1.807) is 21.3 Å². The van der Waals surface area contributed by atoms with Gasteiger partial charge in [0.1, 0.15) is 0 Å². The van der Waals surface area contributed by atoms with Crippen molar-refractivity contribution in [2.24, 2.45) is 0 Å². The van der Waals surface area contributed by atoms with E-state index in [1.807, 2.05) is 13.0 Å². The highest BCUT2D eigenvalue weighted by molar-refractivity contribution is 9.10. The number of hydrogen-bond donors (Lipinski definition) is 2. The van der Waals surface area contributed by atoms with Crippen molar-refractivity contribution in [2.75, 3.05) is 27.8 Å². The third-order valence-corrected chi connectivity index (χ3v) is 3.47. The van der Waals surface area contributed by atoms with Crippen LogP contribution >= 0.6 is 15.9 Å². The first kappa shape index (κ1) is 14.3. The second-order valence-electron chi connectivity index (χ2n) is 3.71. The van der Waals surface area contributed by atoms with E-state index in [1.165, 1.54) is 0 Å². The first-order valence-corrected chi connectivity index (χ1v) is 6.09. The largest absolute Gasteiger partial charge is 0.493 e. The monoisotopic (exact) mass is 303 g/mol. The van der Waals surface area contributed by atoms with Gasteiger partial charge in [0.05, 0.1) is 20.3 Å². The molecule has 0 spiro atoms. The third-order valence-electron chi connectivity index (χ3n) is 2.64. The number of rotatable bonds is 5. The fourth-order valence-electron chi connectivity index (χ4n) is 1.78. The summed E-state index contributed by atoms with van der Waals surface area (Å²) in [5, 5.41) is 13.1. The number of methoxy groups -OCH3 is 2. The summed E-state index contributed by atoms with van der Waals surface area (Å²) < 4.78 is 11.5. The van der Waals surface area contributed by atoms with Gasteiger partial charge in [0.15, 0.2) is 11.5 Å². The van der Waals surface area contributed by atoms with Crippen LogP contribution in [0.5, 0.6) is 11.5 Å². The first-order chi connectivity index (χ1) is 8.06. The minimum absolute atomic E-state index is 0.455. The highest BCUT2D eigenvalue weighted by Gasteiger charge is 2.21. The van der Waals surface area contributed by atoms with E-state index in [9.17, 15) is 5.11 Å². The Labute approximate surface area is 110 Å². The summed E-state index contributed by atoms with van der Waals surface area (Å²) in [6.45, 7) is 2.39. The number of hydrogen-bond acceptors (Lipinski definition) is 4. The lowest BCUT2D eigenvalue weighted by Gasteiger charge is -2.20. The Morgan fingerprint density at radius 2 is 2.06 bits per heavy atom. The van der Waals surface area contributed by atoms with Crippen LogP contribution in [-0.2, 0) is 0 Å². The van der Waals surface area contributed by atoms with Crippen LogP contribution in [0.25, 0.3) is 0 Å². The van der Waals surface area contributed by atoms with Gasteiger partial charge in [0.25, 0.3) is 0 Å². The normalized spacial score (nSPS) is 12.4. The van der Waals surface area contributed by atoms with Crippen LogP contribution in [0.15, 0.2) is 10.5 Å². The molecule has 0 saturated heterocycles. The van der Waals surface area contributed by atoms with Gasteiger partial charge < -0.3 is 19.9 Å². The van der Waals surface area contributed by atoms with Crippen molar-refractivity contribution in [3.8, 4) is 11.5 Å². The fourth-order valence-corrected chi connectivity index (χ4v) is 2.20. The average molecular weight is 304 g/mol. The maximum atomic E-state index is 10.1. The number of aliphatic hydroxyl groups excluding tert-OH is 1. The van der Waals surface area contributed by atoms with Crippen molar-refractivity contribution in [1.29, 1.82) is 0 Å². The van der Waals surface area contributed by atoms with Gasteiger partial charge >= 0.3 is 0 Å². The molecule has 1 aromatic carbocycles. The Bertz CT molecular complexity index is 396. The number of likely N-dealkylation sites (N-methyl/N-ethyl adjacent to an activating group) is 1. The molecule has 1 aromatic rings. The minimum Gasteiger partial charge on any atom is -0.493 e. The highest BCUT2D eigenvalue weighted by Crippen LogP contribution is 2.40. The van der Waals surface area contributed by atoms with Crippen LogP contribution in [0.2, 0.25) is 0 Å². The zero-order valence-corrected chi connectivity index (χ0v) is 12.1. The van der Waals surface area contributed by atoms with Gasteiger partial charge in [0, 0.05) is 16.6 Å². The summed E-state index contributed by atoms with van der Waals surface area (Å²) in [5.41, 5.74) is 1.69. The molecule has 5 heteroatoms. The van der Waals surface area contributed by atoms with E-state index in [-0.39, 0.29) is 0 Å². The lowest BCUT2D eigenvalue weighted by Crippen LogP contribution is -2.18. The van der Waals surface area contributed by atoms with Crippen molar-refractivity contribution in [3.63, 3.8) is 0 Å². The second kappa shape index (κ2) is 6.23. The summed E-state index contributed by atoms with van der Waals surface area (Å²) in [5.74, 6) is 1.19. The van der Waals surface area contributed by atoms with Crippen molar-refractivity contribution >= 4 is 15.9 Å². The number of aliphatic hydroxyl groups is 1. The zero-order valence-electron chi connectivity index (χ0n) is 10.5. The fraction of sp³-hybridized carbons (Fsp3) is 0.500. The summed E-state index contributed by atoms with van der Waals surface area (Å²) >= 11 is 3.45. The SMILES string of the molecule is CNCC(O)c1c(C)c(Br)cc(OC)c1OC. The lowest BCUT2D eigenvalue weighted by atomic mass is 10.0. The first-order valence-electron chi connectivity index (χ1n) is 5.30. The van der Waals surface area contributed by atoms with E-state index in [0.29, 0.717) is 18.0 Å². The van der Waals surface area contributed by atoms with Gasteiger partial charge in [-0.1, -0.05) is 15.9 Å². The summed E-state index contributed by atoms with van der Waals surface area (Å²) in [6.07, 6.45) is -0.638. The predicted octanol–water partition coefficient (Wildman–Crippen LogP) is 2.03. The van der Waals surface area contributed by atoms with Crippen molar-refractivity contribution < 1.29 is 14.6 Å². The zero-order chi connectivity index (χ0) is 13.0. The molecule has 0 bridgehead atoms. The van der Waals surface area contributed by atoms with E-state index in [4.69, 9.17) is 9.47 Å². The Morgan fingerprint density at radius 1 is 1.41 bits per heavy atom. The van der Waals surface area contributed by atoms with Crippen molar-refractivity contribution in [1.82, 2.24) is 5.32 Å². The molecule has 1 atom stereocenters. The Hall–Kier alpha value is -0.780. The quantitative estimate of drug-likeness (QED) is 0.874. The Balaban J connectivity index is 3.37. The van der Waals surface area contributed by atoms with Crippen LogP contribution in [0.3, 0.4) is 0 Å². The van der Waals surface area contributed by atoms with Crippen LogP contribution < -0.4 is 14.8 Å². The molecule has 0 aliphatic heterocycles. The molecule has 0 amide bonds. The molecule has 0 heterocycles. The molecule has 0 radical (unpaired) electrons. The molecular formula is C12H18BrNO3. The second-order valence-corrected chi connectivity index (χ2v) is 4.56. The van der Waals surface area contributed by atoms with E-state index in [2.05, 4.69) is 21.2 Å². The smallest absolute Gasteiger partial charge is 0.166 e. The maximum Gasteiger partial charge on any atom is 0.166 e. The summed E-state index contributed by atoms with van der Waals surface area (Å²) in [6, 6.07) is 1.84. The molecule has 0 aliphatic rings. The van der Waals surface area contributed by atoms with Crippen LogP contribution in [-0.4, -0.2) is 32.9 Å². The third kappa shape index (κ3) is 2.91.